The second kappa shape index (κ2) is 10.7. The number of carbonyl (C=O) groups is 1. The molecule has 9 heteroatoms. The van der Waals surface area contributed by atoms with Gasteiger partial charge in [0.2, 0.25) is 5.88 Å². The molecule has 194 valence electrons. The molecule has 0 atom stereocenters. The standard InChI is InChI=1S/C30H22F2N4O3/c1-2-36-27-14-21(30(37)38)10-11-26(27)34-28(36)15-19-8-9-20(13-24(19)32)25-4-3-5-29(35-25)39-17-22-7-6-18(16-33)12-23(22)31/h3-14H,2,15,17H2,1H3,(H,37,38). The molecule has 0 saturated carbocycles. The van der Waals surface area contributed by atoms with Gasteiger partial charge in [-0.25, -0.2) is 23.5 Å². The van der Waals surface area contributed by atoms with Crippen LogP contribution in [-0.4, -0.2) is 25.6 Å². The number of carboxylic acid groups (broad SMARTS) is 1. The molecule has 0 fully saturated rings. The minimum absolute atomic E-state index is 0.0757. The van der Waals surface area contributed by atoms with Gasteiger partial charge in [-0.2, -0.15) is 5.26 Å². The molecule has 0 bridgehead atoms. The van der Waals surface area contributed by atoms with Gasteiger partial charge in [-0.1, -0.05) is 24.3 Å². The summed E-state index contributed by atoms with van der Waals surface area (Å²) < 4.78 is 36.9. The second-order valence-electron chi connectivity index (χ2n) is 8.83. The second-order valence-corrected chi connectivity index (χ2v) is 8.83. The van der Waals surface area contributed by atoms with Crippen molar-refractivity contribution in [2.24, 2.45) is 0 Å². The summed E-state index contributed by atoms with van der Waals surface area (Å²) in [5.41, 5.74) is 3.48. The summed E-state index contributed by atoms with van der Waals surface area (Å²) in [5, 5.41) is 18.2. The molecule has 2 heterocycles. The molecule has 0 unspecified atom stereocenters. The number of nitrogens with zero attached hydrogens (tertiary/aromatic N) is 4. The Labute approximate surface area is 222 Å². The number of carboxylic acids is 1. The van der Waals surface area contributed by atoms with Gasteiger partial charge in [0, 0.05) is 30.2 Å². The predicted octanol–water partition coefficient (Wildman–Crippen LogP) is 6.14. The van der Waals surface area contributed by atoms with Crippen LogP contribution in [0.15, 0.2) is 72.8 Å². The molecule has 5 rings (SSSR count). The van der Waals surface area contributed by atoms with Crippen molar-refractivity contribution in [1.82, 2.24) is 14.5 Å². The average Bonchev–Trinajstić information content (AvgIpc) is 3.29. The van der Waals surface area contributed by atoms with Gasteiger partial charge < -0.3 is 14.4 Å². The highest BCUT2D eigenvalue weighted by molar-refractivity contribution is 5.92. The zero-order valence-corrected chi connectivity index (χ0v) is 20.9. The van der Waals surface area contributed by atoms with Crippen molar-refractivity contribution in [1.29, 1.82) is 5.26 Å². The van der Waals surface area contributed by atoms with Crippen LogP contribution in [0, 0.1) is 23.0 Å². The smallest absolute Gasteiger partial charge is 0.335 e. The van der Waals surface area contributed by atoms with Crippen molar-refractivity contribution < 1.29 is 23.4 Å². The van der Waals surface area contributed by atoms with E-state index >= 15 is 4.39 Å². The normalized spacial score (nSPS) is 10.9. The first-order valence-corrected chi connectivity index (χ1v) is 12.2. The fraction of sp³-hybridized carbons (Fsp3) is 0.133. The first-order valence-electron chi connectivity index (χ1n) is 12.2. The van der Waals surface area contributed by atoms with Crippen molar-refractivity contribution in [3.63, 3.8) is 0 Å². The van der Waals surface area contributed by atoms with E-state index < -0.39 is 17.6 Å². The Hall–Kier alpha value is -5.10. The van der Waals surface area contributed by atoms with E-state index in [0.717, 1.165) is 6.07 Å². The molecule has 5 aromatic rings. The van der Waals surface area contributed by atoms with Crippen LogP contribution in [0.5, 0.6) is 5.88 Å². The summed E-state index contributed by atoms with van der Waals surface area (Å²) in [7, 11) is 0. The molecule has 0 radical (unpaired) electrons. The fourth-order valence-corrected chi connectivity index (χ4v) is 4.36. The lowest BCUT2D eigenvalue weighted by molar-refractivity contribution is 0.0697. The Balaban J connectivity index is 1.35. The minimum atomic E-state index is -1.02. The molecule has 0 aliphatic rings. The number of ether oxygens (including phenoxy) is 1. The molecule has 0 aliphatic carbocycles. The quantitative estimate of drug-likeness (QED) is 0.262. The van der Waals surface area contributed by atoms with Crippen LogP contribution in [0.25, 0.3) is 22.3 Å². The van der Waals surface area contributed by atoms with E-state index in [4.69, 9.17) is 10.00 Å². The number of rotatable bonds is 8. The third-order valence-electron chi connectivity index (χ3n) is 6.37. The van der Waals surface area contributed by atoms with Crippen LogP contribution in [0.1, 0.15) is 39.8 Å². The Morgan fingerprint density at radius 3 is 2.51 bits per heavy atom. The lowest BCUT2D eigenvalue weighted by Gasteiger charge is -2.10. The predicted molar refractivity (Wildman–Crippen MR) is 140 cm³/mol. The molecule has 39 heavy (non-hydrogen) atoms. The molecule has 3 aromatic carbocycles. The van der Waals surface area contributed by atoms with Crippen LogP contribution in [0.4, 0.5) is 8.78 Å². The van der Waals surface area contributed by atoms with Gasteiger partial charge in [-0.05, 0) is 55.0 Å². The van der Waals surface area contributed by atoms with Gasteiger partial charge in [-0.15, -0.1) is 0 Å². The highest BCUT2D eigenvalue weighted by atomic mass is 19.1. The van der Waals surface area contributed by atoms with Crippen molar-refractivity contribution in [3.05, 3.63) is 113 Å². The summed E-state index contributed by atoms with van der Waals surface area (Å²) in [6.45, 7) is 2.40. The SMILES string of the molecule is CCn1c(Cc2ccc(-c3cccc(OCc4ccc(C#N)cc4F)n3)cc2F)nc2ccc(C(=O)O)cc21. The molecular weight excluding hydrogens is 502 g/mol. The van der Waals surface area contributed by atoms with Crippen LogP contribution >= 0.6 is 0 Å². The van der Waals surface area contributed by atoms with E-state index in [1.165, 1.54) is 24.3 Å². The Kier molecular flexibility index (Phi) is 7.02. The average molecular weight is 525 g/mol. The van der Waals surface area contributed by atoms with Crippen molar-refractivity contribution >= 4 is 17.0 Å². The maximum atomic E-state index is 15.2. The molecule has 2 aromatic heterocycles. The summed E-state index contributed by atoms with van der Waals surface area (Å²) in [4.78, 5) is 20.4. The lowest BCUT2D eigenvalue weighted by Crippen LogP contribution is -2.05. The Morgan fingerprint density at radius 1 is 1.00 bits per heavy atom. The van der Waals surface area contributed by atoms with Crippen LogP contribution in [0.2, 0.25) is 0 Å². The molecule has 1 N–H and O–H groups in total. The largest absolute Gasteiger partial charge is 0.478 e. The maximum Gasteiger partial charge on any atom is 0.335 e. The third-order valence-corrected chi connectivity index (χ3v) is 6.37. The molecule has 0 aliphatic heterocycles. The molecule has 0 saturated heterocycles. The highest BCUT2D eigenvalue weighted by Gasteiger charge is 2.15. The summed E-state index contributed by atoms with van der Waals surface area (Å²) in [6.07, 6.45) is 0.226. The summed E-state index contributed by atoms with van der Waals surface area (Å²) in [5.74, 6) is -1.11. The summed E-state index contributed by atoms with van der Waals surface area (Å²) in [6, 6.07) is 20.7. The lowest BCUT2D eigenvalue weighted by atomic mass is 10.1. The molecular formula is C30H22F2N4O3. The van der Waals surface area contributed by atoms with Crippen LogP contribution in [0.3, 0.4) is 0 Å². The minimum Gasteiger partial charge on any atom is -0.478 e. The number of halogens is 2. The van der Waals surface area contributed by atoms with Gasteiger partial charge in [0.15, 0.2) is 0 Å². The van der Waals surface area contributed by atoms with Crippen LogP contribution in [-0.2, 0) is 19.6 Å². The zero-order valence-electron chi connectivity index (χ0n) is 20.9. The number of aromatic carboxylic acids is 1. The van der Waals surface area contributed by atoms with E-state index in [1.807, 2.05) is 17.6 Å². The number of imidazole rings is 1. The van der Waals surface area contributed by atoms with Crippen molar-refractivity contribution in [2.45, 2.75) is 26.5 Å². The maximum absolute atomic E-state index is 15.2. The van der Waals surface area contributed by atoms with E-state index in [-0.39, 0.29) is 35.6 Å². The number of fused-ring (bicyclic) bond motifs is 1. The van der Waals surface area contributed by atoms with Gasteiger partial charge >= 0.3 is 5.97 Å². The zero-order chi connectivity index (χ0) is 27.5. The monoisotopic (exact) mass is 524 g/mol. The molecule has 0 amide bonds. The van der Waals surface area contributed by atoms with Crippen molar-refractivity contribution in [3.8, 4) is 23.2 Å². The summed E-state index contributed by atoms with van der Waals surface area (Å²) >= 11 is 0. The van der Waals surface area contributed by atoms with Gasteiger partial charge in [0.1, 0.15) is 24.1 Å². The third kappa shape index (κ3) is 5.31. The number of pyridine rings is 1. The first-order chi connectivity index (χ1) is 18.9. The fourth-order valence-electron chi connectivity index (χ4n) is 4.36. The van der Waals surface area contributed by atoms with Crippen molar-refractivity contribution in [2.75, 3.05) is 0 Å². The van der Waals surface area contributed by atoms with E-state index in [1.54, 1.807) is 42.5 Å². The number of hydrogen-bond donors (Lipinski definition) is 1. The van der Waals surface area contributed by atoms with E-state index in [2.05, 4.69) is 9.97 Å². The number of nitriles is 1. The number of benzene rings is 3. The van der Waals surface area contributed by atoms with Crippen LogP contribution < -0.4 is 4.74 Å². The topological polar surface area (TPSA) is 101 Å². The number of aromatic nitrogens is 3. The number of aryl methyl sites for hydroxylation is 1. The van der Waals surface area contributed by atoms with Gasteiger partial charge in [0.05, 0.1) is 33.9 Å². The Morgan fingerprint density at radius 2 is 1.79 bits per heavy atom. The first kappa shape index (κ1) is 25.5. The highest BCUT2D eigenvalue weighted by Crippen LogP contribution is 2.26. The molecule has 0 spiro atoms. The van der Waals surface area contributed by atoms with E-state index in [9.17, 15) is 14.3 Å². The Bertz CT molecular complexity index is 1760. The van der Waals surface area contributed by atoms with Gasteiger partial charge in [0.25, 0.3) is 0 Å². The van der Waals surface area contributed by atoms with E-state index in [0.29, 0.717) is 40.2 Å². The molecule has 7 nitrogen and oxygen atoms in total. The number of hydrogen-bond acceptors (Lipinski definition) is 5. The van der Waals surface area contributed by atoms with Gasteiger partial charge in [-0.3, -0.25) is 0 Å².